The van der Waals surface area contributed by atoms with Crippen molar-refractivity contribution in [1.82, 2.24) is 0 Å². The van der Waals surface area contributed by atoms with Crippen molar-refractivity contribution in [3.8, 4) is 0 Å². The zero-order valence-corrected chi connectivity index (χ0v) is 40.1. The van der Waals surface area contributed by atoms with Crippen LogP contribution in [-0.2, 0) is 50.6 Å². The Bertz CT molecular complexity index is 2170. The van der Waals surface area contributed by atoms with Gasteiger partial charge in [-0.3, -0.25) is 18.7 Å². The Morgan fingerprint density at radius 2 is 1.53 bits per heavy atom. The third-order valence-corrected chi connectivity index (χ3v) is 11.4. The van der Waals surface area contributed by atoms with Crippen molar-refractivity contribution in [2.45, 2.75) is 55.2 Å². The van der Waals surface area contributed by atoms with E-state index in [4.69, 9.17) is 0 Å². The van der Waals surface area contributed by atoms with Gasteiger partial charge in [-0.05, 0) is 62.7 Å². The van der Waals surface area contributed by atoms with Gasteiger partial charge in [-0.1, -0.05) is 43.7 Å². The van der Waals surface area contributed by atoms with E-state index < -0.39 is 52.7 Å². The van der Waals surface area contributed by atoms with E-state index in [2.05, 4.69) is 9.37 Å². The van der Waals surface area contributed by atoms with Crippen LogP contribution in [0.25, 0.3) is 0 Å². The first-order chi connectivity index (χ1) is 23.1. The molecule has 0 bridgehead atoms. The Balaban J connectivity index is 0.00000468. The maximum absolute atomic E-state index is 11.8. The molecule has 2 aromatic rings. The van der Waals surface area contributed by atoms with Crippen molar-refractivity contribution in [2.75, 3.05) is 29.5 Å². The molecule has 14 nitrogen and oxygen atoms in total. The van der Waals surface area contributed by atoms with Crippen LogP contribution in [0.3, 0.4) is 0 Å². The van der Waals surface area contributed by atoms with Gasteiger partial charge < -0.3 is 10.2 Å². The van der Waals surface area contributed by atoms with Gasteiger partial charge in [-0.2, -0.15) is 34.2 Å². The maximum Gasteiger partial charge on any atom is 1.00 e. The van der Waals surface area contributed by atoms with Crippen LogP contribution in [0.5, 0.6) is 0 Å². The van der Waals surface area contributed by atoms with Gasteiger partial charge in [0.05, 0.1) is 28.1 Å². The summed E-state index contributed by atoms with van der Waals surface area (Å²) in [5.41, 5.74) is 3.39. The molecule has 3 N–H and O–H groups in total. The summed E-state index contributed by atoms with van der Waals surface area (Å²) in [7, 11) is -13.1. The molecule has 4 rings (SSSR count). The molecule has 2 aliphatic heterocycles. The molecule has 53 heavy (non-hydrogen) atoms. The molecule has 0 atom stereocenters. The fourth-order valence-electron chi connectivity index (χ4n) is 6.11. The molecular weight excluding hydrogens is 802 g/mol. The van der Waals surface area contributed by atoms with Gasteiger partial charge in [0.25, 0.3) is 30.4 Å². The first kappa shape index (κ1) is 50.8. The summed E-state index contributed by atoms with van der Waals surface area (Å²) in [6.45, 7) is 9.29. The number of nitrogens with zero attached hydrogens (tertiary/aromatic N) is 2. The van der Waals surface area contributed by atoms with Crippen LogP contribution in [0.4, 0.5) is 11.4 Å². The van der Waals surface area contributed by atoms with E-state index in [1.807, 2.05) is 52.8 Å². The first-order valence-electron chi connectivity index (χ1n) is 15.0. The fraction of sp³-hybridized carbons (Fsp3) is 0.344. The van der Waals surface area contributed by atoms with Gasteiger partial charge >= 0.3 is 88.7 Å². The summed E-state index contributed by atoms with van der Waals surface area (Å²) in [4.78, 5) is 1.97. The van der Waals surface area contributed by atoms with Gasteiger partial charge in [-0.15, -0.1) is 0 Å². The number of hydrogen-bond donors (Lipinski definition) is 3. The molecule has 0 saturated carbocycles. The molecule has 0 spiro atoms. The van der Waals surface area contributed by atoms with Crippen molar-refractivity contribution >= 4 is 59.5 Å². The monoisotopic (exact) mass is 839 g/mol. The topological polar surface area (TPSA) is 211 Å². The number of benzene rings is 2. The van der Waals surface area contributed by atoms with Crippen LogP contribution >= 0.6 is 12.0 Å². The van der Waals surface area contributed by atoms with Gasteiger partial charge in [-0.25, -0.2) is 0 Å². The quantitative estimate of drug-likeness (QED) is 0.0310. The Morgan fingerprint density at radius 3 is 2.11 bits per heavy atom. The van der Waals surface area contributed by atoms with Gasteiger partial charge in [0.1, 0.15) is 5.75 Å². The SMILES string of the molecule is CC(/C=C/C=C1/N(CCS(=O)(=O)O)c2ccc(S(=O)(=O)O)cc2C1(C)C)=C\C=C\C1=[N+](CCS(=O)(=O)O)c2ccc(SOO[O-])cc2C1(C)C.[Na+].[Na+].[Na+]. The van der Waals surface area contributed by atoms with Crippen molar-refractivity contribution in [1.29, 1.82) is 0 Å². The molecule has 0 saturated heterocycles. The molecule has 272 valence electrons. The minimum absolute atomic E-state index is 0. The maximum atomic E-state index is 11.8. The summed E-state index contributed by atoms with van der Waals surface area (Å²) >= 11 is 0.734. The second-order valence-corrected chi connectivity index (χ2v) is 18.1. The second-order valence-electron chi connectivity index (χ2n) is 12.7. The molecule has 0 radical (unpaired) electrons. The average molecular weight is 840 g/mol. The molecule has 21 heteroatoms. The van der Waals surface area contributed by atoms with Crippen LogP contribution in [0.1, 0.15) is 45.7 Å². The normalized spacial score (nSPS) is 17.5. The Hall–Kier alpha value is -0.170. The largest absolute Gasteiger partial charge is 1.00 e. The molecule has 0 amide bonds. The summed E-state index contributed by atoms with van der Waals surface area (Å²) in [6.07, 6.45) is 10.8. The first-order valence-corrected chi connectivity index (χ1v) is 20.4. The van der Waals surface area contributed by atoms with Crippen molar-refractivity contribution in [2.24, 2.45) is 0 Å². The van der Waals surface area contributed by atoms with Gasteiger partial charge in [0.2, 0.25) is 5.69 Å². The third kappa shape index (κ3) is 12.9. The zero-order chi connectivity index (χ0) is 37.3. The van der Waals surface area contributed by atoms with E-state index in [9.17, 15) is 44.2 Å². The van der Waals surface area contributed by atoms with E-state index in [1.54, 1.807) is 45.9 Å². The molecule has 2 aliphatic rings. The van der Waals surface area contributed by atoms with Gasteiger partial charge in [0, 0.05) is 45.9 Å². The Labute approximate surface area is 381 Å². The molecule has 0 unspecified atom stereocenters. The van der Waals surface area contributed by atoms with Crippen LogP contribution in [0, 0.1) is 0 Å². The van der Waals surface area contributed by atoms with E-state index in [-0.39, 0.29) is 107 Å². The van der Waals surface area contributed by atoms with Crippen molar-refractivity contribution < 1.29 is 147 Å². The molecule has 0 aromatic heterocycles. The standard InChI is InChI=1S/C32H38N2O12S4.3Na/c1-22(8-6-10-29-31(2,3)25-20-23(47-46-45-35)12-14-27(25)33(29)16-18-48(36,37)38)9-7-11-30-32(4,5)26-21-24(50(42,43)44)13-15-28(26)34(30)17-19-49(39,40)41;;;/h6-15,20-21H,16-19H2,1-5H3,(H3-,35,36,37,38,39,40,41,42,43,44);;;/q;3*+1. The molecular formula is C32H38N2Na3O12S4+3. The number of hydrogen-bond acceptors (Lipinski definition) is 11. The van der Waals surface area contributed by atoms with E-state index in [0.29, 0.717) is 21.8 Å². The van der Waals surface area contributed by atoms with E-state index in [0.717, 1.165) is 34.6 Å². The minimum Gasteiger partial charge on any atom is -0.691 e. The second kappa shape index (κ2) is 20.0. The molecule has 2 heterocycles. The average Bonchev–Trinajstić information content (AvgIpc) is 3.34. The molecule has 2 aromatic carbocycles. The summed E-state index contributed by atoms with van der Waals surface area (Å²) in [6, 6.07) is 9.32. The van der Waals surface area contributed by atoms with Crippen LogP contribution < -0.4 is 98.8 Å². The summed E-state index contributed by atoms with van der Waals surface area (Å²) < 4.78 is 105. The summed E-state index contributed by atoms with van der Waals surface area (Å²) in [5, 5.41) is 13.8. The van der Waals surface area contributed by atoms with Crippen LogP contribution in [-0.4, -0.2) is 73.8 Å². The number of anilines is 1. The van der Waals surface area contributed by atoms with Crippen LogP contribution in [0.2, 0.25) is 0 Å². The smallest absolute Gasteiger partial charge is 0.691 e. The number of rotatable bonds is 14. The van der Waals surface area contributed by atoms with E-state index in [1.165, 1.54) is 18.2 Å². The predicted octanol–water partition coefficient (Wildman–Crippen LogP) is -4.93. The number of fused-ring (bicyclic) bond motifs is 2. The van der Waals surface area contributed by atoms with Crippen molar-refractivity contribution in [3.63, 3.8) is 0 Å². The molecule has 0 aliphatic carbocycles. The van der Waals surface area contributed by atoms with Crippen LogP contribution in [0.15, 0.2) is 93.9 Å². The number of allylic oxidation sites excluding steroid dienone is 8. The predicted molar refractivity (Wildman–Crippen MR) is 187 cm³/mol. The third-order valence-electron chi connectivity index (χ3n) is 8.55. The van der Waals surface area contributed by atoms with Gasteiger partial charge in [0.15, 0.2) is 12.3 Å². The fourth-order valence-corrected chi connectivity index (χ4v) is 7.84. The Kier molecular flexibility index (Phi) is 19.2. The van der Waals surface area contributed by atoms with Crippen molar-refractivity contribution in [3.05, 3.63) is 95.3 Å². The minimum atomic E-state index is -4.50. The molecule has 0 fully saturated rings. The zero-order valence-electron chi connectivity index (χ0n) is 30.8. The van der Waals surface area contributed by atoms with E-state index >= 15 is 0 Å². The Morgan fingerprint density at radius 1 is 0.887 bits per heavy atom. The summed E-state index contributed by atoms with van der Waals surface area (Å²) in [5.74, 6) is -1.08.